The summed E-state index contributed by atoms with van der Waals surface area (Å²) < 4.78 is 9.63. The zero-order valence-electron chi connectivity index (χ0n) is 75.7. The van der Waals surface area contributed by atoms with Crippen molar-refractivity contribution >= 4 is 175 Å². The first kappa shape index (κ1) is 83.5. The molecule has 12 nitrogen and oxygen atoms in total. The van der Waals surface area contributed by atoms with Gasteiger partial charge >= 0.3 is 0 Å². The van der Waals surface area contributed by atoms with E-state index in [1.165, 1.54) is 24.9 Å². The topological polar surface area (TPSA) is 100 Å². The first-order chi connectivity index (χ1) is 69.4. The Balaban J connectivity index is 0.000000148. The molecule has 26 aromatic rings. The second-order valence-corrected chi connectivity index (χ2v) is 36.6. The van der Waals surface area contributed by atoms with Crippen molar-refractivity contribution in [2.24, 2.45) is 0 Å². The quantitative estimate of drug-likeness (QED) is 0.0733. The zero-order chi connectivity index (χ0) is 92.8. The Morgan fingerprint density at radius 1 is 0.164 bits per heavy atom. The maximum atomic E-state index is 5.18. The number of fused-ring (bicyclic) bond motifs is 12. The van der Waals surface area contributed by atoms with Crippen molar-refractivity contribution in [2.45, 2.75) is 0 Å². The first-order valence-corrected chi connectivity index (χ1v) is 48.5. The van der Waals surface area contributed by atoms with Gasteiger partial charge in [0.2, 0.25) is 0 Å². The average molecular weight is 1830 g/mol. The van der Waals surface area contributed by atoms with Crippen LogP contribution in [-0.2, 0) is 0 Å². The highest BCUT2D eigenvalue weighted by Crippen LogP contribution is 2.50. The normalized spacial score (nSPS) is 11.4. The second-order valence-electron chi connectivity index (χ2n) is 34.5. The van der Waals surface area contributed by atoms with E-state index in [-0.39, 0.29) is 0 Å². The van der Waals surface area contributed by atoms with Crippen LogP contribution < -0.4 is 19.6 Å². The van der Waals surface area contributed by atoms with Crippen molar-refractivity contribution in [3.63, 3.8) is 0 Å². The average Bonchev–Trinajstić information content (AvgIpc) is 1.56. The van der Waals surface area contributed by atoms with E-state index in [1.807, 2.05) is 108 Å². The molecule has 0 fully saturated rings. The highest BCUT2D eigenvalue weighted by molar-refractivity contribution is 7.27. The van der Waals surface area contributed by atoms with Crippen molar-refractivity contribution < 1.29 is 0 Å². The summed E-state index contributed by atoms with van der Waals surface area (Å²) in [5, 5.41) is 9.30. The summed E-state index contributed by atoms with van der Waals surface area (Å²) in [5.74, 6) is 3.86. The highest BCUT2D eigenvalue weighted by atomic mass is 32.1. The molecule has 0 aliphatic heterocycles. The van der Waals surface area contributed by atoms with Gasteiger partial charge in [0.1, 0.15) is 0 Å². The smallest absolute Gasteiger partial charge is 0.165 e. The van der Waals surface area contributed by atoms with Crippen molar-refractivity contribution in [1.29, 1.82) is 0 Å². The van der Waals surface area contributed by atoms with Crippen LogP contribution in [0.1, 0.15) is 0 Å². The van der Waals surface area contributed by atoms with E-state index in [4.69, 9.17) is 29.9 Å². The molecule has 0 atom stereocenters. The van der Waals surface area contributed by atoms with Crippen LogP contribution in [-0.4, -0.2) is 39.0 Å². The van der Waals surface area contributed by atoms with Gasteiger partial charge in [-0.2, -0.15) is 0 Å². The number of nitrogens with zero attached hydrogens (tertiary/aromatic N) is 12. The largest absolute Gasteiger partial charge is 0.310 e. The lowest BCUT2D eigenvalue weighted by molar-refractivity contribution is 1.07. The first-order valence-electron chi connectivity index (χ1n) is 46.9. The summed E-state index contributed by atoms with van der Waals surface area (Å²) >= 11 is 3.60. The van der Waals surface area contributed by atoms with Gasteiger partial charge < -0.3 is 28.7 Å². The molecule has 20 aromatic carbocycles. The fourth-order valence-electron chi connectivity index (χ4n) is 19.6. The Labute approximate surface area is 816 Å². The van der Waals surface area contributed by atoms with Crippen LogP contribution in [0.25, 0.3) is 164 Å². The van der Waals surface area contributed by atoms with Crippen molar-refractivity contribution in [2.75, 3.05) is 19.6 Å². The molecule has 14 heteroatoms. The number of anilines is 12. The molecule has 0 unspecified atom stereocenters. The Morgan fingerprint density at radius 2 is 0.436 bits per heavy atom. The summed E-state index contributed by atoms with van der Waals surface area (Å²) in [4.78, 5) is 39.8. The summed E-state index contributed by atoms with van der Waals surface area (Å²) in [5.41, 5.74) is 25.4. The van der Waals surface area contributed by atoms with Gasteiger partial charge in [-0.05, 0) is 218 Å². The van der Waals surface area contributed by atoms with E-state index in [0.29, 0.717) is 34.9 Å². The van der Waals surface area contributed by atoms with Gasteiger partial charge in [0.15, 0.2) is 34.9 Å². The third-order valence-electron chi connectivity index (χ3n) is 26.0. The molecule has 0 radical (unpaired) electrons. The van der Waals surface area contributed by atoms with E-state index in [0.717, 1.165) is 172 Å². The number of aromatic nitrogens is 8. The van der Waals surface area contributed by atoms with Crippen LogP contribution >= 0.6 is 22.7 Å². The molecule has 140 heavy (non-hydrogen) atoms. The molecule has 0 saturated carbocycles. The minimum absolute atomic E-state index is 0.638. The lowest BCUT2D eigenvalue weighted by Gasteiger charge is -2.26. The molecular formula is C126H84N12S2. The van der Waals surface area contributed by atoms with Crippen LogP contribution in [0.15, 0.2) is 510 Å². The molecule has 0 amide bonds. The monoisotopic (exact) mass is 1830 g/mol. The Bertz CT molecular complexity index is 8480. The summed E-state index contributed by atoms with van der Waals surface area (Å²) in [6.45, 7) is 0. The van der Waals surface area contributed by atoms with Crippen LogP contribution in [0.4, 0.5) is 68.2 Å². The van der Waals surface area contributed by atoms with Crippen molar-refractivity contribution in [1.82, 2.24) is 39.0 Å². The fourth-order valence-corrected chi connectivity index (χ4v) is 21.9. The van der Waals surface area contributed by atoms with Crippen LogP contribution in [0, 0.1) is 0 Å². The minimum Gasteiger partial charge on any atom is -0.310 e. The lowest BCUT2D eigenvalue weighted by atomic mass is 10.1. The number of para-hydroxylation sites is 8. The van der Waals surface area contributed by atoms with E-state index >= 15 is 0 Å². The van der Waals surface area contributed by atoms with Crippen LogP contribution in [0.2, 0.25) is 0 Å². The van der Waals surface area contributed by atoms with E-state index < -0.39 is 0 Å². The van der Waals surface area contributed by atoms with Gasteiger partial charge in [-0.3, -0.25) is 0 Å². The Morgan fingerprint density at radius 3 is 0.764 bits per heavy atom. The molecule has 6 heterocycles. The zero-order valence-corrected chi connectivity index (χ0v) is 77.3. The number of hydrogen-bond donors (Lipinski definition) is 0. The number of hydrogen-bond acceptors (Lipinski definition) is 12. The summed E-state index contributed by atoms with van der Waals surface area (Å²) in [6.07, 6.45) is 0. The van der Waals surface area contributed by atoms with E-state index in [9.17, 15) is 0 Å². The summed E-state index contributed by atoms with van der Waals surface area (Å²) in [7, 11) is 0. The predicted molar refractivity (Wildman–Crippen MR) is 585 cm³/mol. The molecule has 0 saturated heterocycles. The van der Waals surface area contributed by atoms with Gasteiger partial charge in [-0.1, -0.05) is 291 Å². The van der Waals surface area contributed by atoms with E-state index in [1.54, 1.807) is 11.3 Å². The van der Waals surface area contributed by atoms with Crippen molar-refractivity contribution in [3.05, 3.63) is 510 Å². The second kappa shape index (κ2) is 36.5. The summed E-state index contributed by atoms with van der Waals surface area (Å²) in [6, 6.07) is 180. The molecule has 6 aromatic heterocycles. The molecule has 26 rings (SSSR count). The standard InChI is InChI=1S/2C63H42N6S/c1-7-21-43(22-8-1)61-64-62(44-23-9-2-10-24-44)66-63(65-61)53-35-19-33-51-52-34-20-36-58(60(52)70-59(51)53)69-56-39-37-49(67(45-25-11-3-12-26-45)46-27-13-4-14-28-46)41-54(56)55-42-50(38-40-57(55)69)68(47-29-15-5-16-30-47)48-31-17-6-18-32-48;1-7-19-43(20-8-1)61-64-62(44-21-9-2-10-22-44)66-63(65-61)45-31-37-59-55(39-45)56-42-52(34-38-60(56)70-59)69-57-35-32-50(67(46-23-11-3-12-24-46)47-25-13-4-14-26-47)40-53(57)54-41-51(33-36-58(54)69)68(48-27-15-5-16-28-48)49-29-17-6-18-30-49/h2*1-42H. The van der Waals surface area contributed by atoms with Crippen LogP contribution in [0.3, 0.4) is 0 Å². The Kier molecular flexibility index (Phi) is 21.7. The molecule has 0 aliphatic rings. The number of rotatable bonds is 20. The fraction of sp³-hybridized carbons (Fsp3) is 0. The Hall–Kier alpha value is -18.3. The molecule has 660 valence electrons. The predicted octanol–water partition coefficient (Wildman–Crippen LogP) is 34.6. The lowest BCUT2D eigenvalue weighted by Crippen LogP contribution is -2.09. The maximum absolute atomic E-state index is 5.18. The molecule has 0 bridgehead atoms. The van der Waals surface area contributed by atoms with E-state index in [2.05, 4.69) is 441 Å². The highest BCUT2D eigenvalue weighted by Gasteiger charge is 2.27. The van der Waals surface area contributed by atoms with Crippen molar-refractivity contribution in [3.8, 4) is 79.7 Å². The third kappa shape index (κ3) is 15.7. The molecule has 0 N–H and O–H groups in total. The number of benzene rings is 20. The minimum atomic E-state index is 0.638. The van der Waals surface area contributed by atoms with Gasteiger partial charge in [-0.15, -0.1) is 22.7 Å². The molecule has 0 aliphatic carbocycles. The SMILES string of the molecule is c1ccc(-c2nc(-c3ccccc3)nc(-c3ccc4sc5ccc(-n6c7ccc(N(c8ccccc8)c8ccccc8)cc7c7cc(N(c8ccccc8)c8ccccc8)ccc76)cc5c4c3)n2)cc1.c1ccc(-c2nc(-c3ccccc3)nc(-c3cccc4c3sc3c(-n5c6ccc(N(c7ccccc7)c7ccccc7)cc6c6cc(N(c7ccccc7)c7ccccc7)ccc65)cccc34)n2)cc1. The van der Waals surface area contributed by atoms with Gasteiger partial charge in [0.05, 0.1) is 32.5 Å². The number of thiophene rings is 2. The van der Waals surface area contributed by atoms with Crippen LogP contribution in [0.5, 0.6) is 0 Å². The van der Waals surface area contributed by atoms with Gasteiger partial charge in [0, 0.05) is 165 Å². The molecular weight excluding hydrogens is 1750 g/mol. The third-order valence-corrected chi connectivity index (χ3v) is 28.4. The molecule has 0 spiro atoms. The maximum Gasteiger partial charge on any atom is 0.165 e. The van der Waals surface area contributed by atoms with Gasteiger partial charge in [0.25, 0.3) is 0 Å². The van der Waals surface area contributed by atoms with Gasteiger partial charge in [-0.25, -0.2) is 29.9 Å².